The second kappa shape index (κ2) is 6.40. The van der Waals surface area contributed by atoms with Crippen LogP contribution in [0.3, 0.4) is 0 Å². The zero-order valence-corrected chi connectivity index (χ0v) is 14.1. The van der Waals surface area contributed by atoms with Gasteiger partial charge in [0.05, 0.1) is 0 Å². The van der Waals surface area contributed by atoms with Gasteiger partial charge in [-0.15, -0.1) is 0 Å². The molecule has 0 nitrogen and oxygen atoms in total. The van der Waals surface area contributed by atoms with Gasteiger partial charge in [-0.25, -0.2) is 0 Å². The molecule has 0 aromatic heterocycles. The van der Waals surface area contributed by atoms with Crippen LogP contribution in [0.5, 0.6) is 0 Å². The third-order valence-electron chi connectivity index (χ3n) is 4.26. The van der Waals surface area contributed by atoms with E-state index in [0.29, 0.717) is 0 Å². The van der Waals surface area contributed by atoms with Gasteiger partial charge in [-0.2, -0.15) is 0 Å². The second-order valence-corrected chi connectivity index (χ2v) is 5.29. The molecule has 0 saturated carbocycles. The Balaban J connectivity index is 0.000000735. The van der Waals surface area contributed by atoms with E-state index in [4.69, 9.17) is 0 Å². The molecule has 1 aliphatic rings. The van der Waals surface area contributed by atoms with Crippen molar-refractivity contribution in [2.24, 2.45) is 0 Å². The molecule has 0 saturated heterocycles. The van der Waals surface area contributed by atoms with Gasteiger partial charge in [0.2, 0.25) is 0 Å². The van der Waals surface area contributed by atoms with Crippen LogP contribution in [0.2, 0.25) is 0 Å². The van der Waals surface area contributed by atoms with Crippen molar-refractivity contribution in [1.82, 2.24) is 0 Å². The summed E-state index contributed by atoms with van der Waals surface area (Å²) >= 11 is 0. The molecule has 0 amide bonds. The SMILES string of the molecule is [AlH3].[Zn].c1ccc2c(c1)ccc1c3c(ccc12)CCCC3. The van der Waals surface area contributed by atoms with E-state index in [1.807, 2.05) is 0 Å². The smallest absolute Gasteiger partial charge is 0.0616 e. The molecule has 3 aromatic rings. The molecule has 4 rings (SSSR count). The number of hydrogen-bond acceptors (Lipinski definition) is 0. The number of fused-ring (bicyclic) bond motifs is 5. The summed E-state index contributed by atoms with van der Waals surface area (Å²) in [6, 6.07) is 18.0. The Hall–Kier alpha value is -0.664. The Morgan fingerprint density at radius 1 is 0.650 bits per heavy atom. The Morgan fingerprint density at radius 2 is 1.40 bits per heavy atom. The summed E-state index contributed by atoms with van der Waals surface area (Å²) in [5, 5.41) is 5.64. The molecule has 0 atom stereocenters. The summed E-state index contributed by atoms with van der Waals surface area (Å²) in [6.07, 6.45) is 5.22. The van der Waals surface area contributed by atoms with Crippen molar-refractivity contribution >= 4 is 38.9 Å². The minimum absolute atomic E-state index is 0. The van der Waals surface area contributed by atoms with Crippen LogP contribution in [-0.4, -0.2) is 17.4 Å². The first kappa shape index (κ1) is 15.7. The minimum Gasteiger partial charge on any atom is -0.0616 e. The van der Waals surface area contributed by atoms with Crippen LogP contribution in [0.15, 0.2) is 48.5 Å². The first-order valence-corrected chi connectivity index (χ1v) is 6.86. The second-order valence-electron chi connectivity index (χ2n) is 5.29. The van der Waals surface area contributed by atoms with E-state index in [2.05, 4.69) is 48.5 Å². The van der Waals surface area contributed by atoms with Gasteiger partial charge in [-0.1, -0.05) is 48.5 Å². The molecule has 1 aliphatic carbocycles. The molecular weight excluding hydrogens is 309 g/mol. The molecule has 0 spiro atoms. The zero-order valence-electron chi connectivity index (χ0n) is 11.2. The summed E-state index contributed by atoms with van der Waals surface area (Å²) < 4.78 is 0. The first-order chi connectivity index (χ1) is 8.93. The monoisotopic (exact) mass is 326 g/mol. The average molecular weight is 328 g/mol. The van der Waals surface area contributed by atoms with Crippen LogP contribution in [0, 0.1) is 0 Å². The van der Waals surface area contributed by atoms with E-state index in [1.165, 1.54) is 47.2 Å². The molecule has 0 aliphatic heterocycles. The van der Waals surface area contributed by atoms with Crippen LogP contribution in [-0.2, 0) is 32.3 Å². The normalized spacial score (nSPS) is 13.4. The predicted molar refractivity (Wildman–Crippen MR) is 88.0 cm³/mol. The standard InChI is InChI=1S/C18H16.Al.Zn.3H/c1-3-7-15-13(5-1)9-11-18-16-8-4-2-6-14(16)10-12-17(15)18;;;;;/h1,3,5,7,9-12H,2,4,6,8H2;;;;;. The molecule has 0 bridgehead atoms. The molecule has 0 radical (unpaired) electrons. The molecule has 3 aromatic carbocycles. The third kappa shape index (κ3) is 2.46. The Bertz CT molecular complexity index is 749. The van der Waals surface area contributed by atoms with E-state index in [1.54, 1.807) is 11.1 Å². The van der Waals surface area contributed by atoms with Crippen molar-refractivity contribution in [1.29, 1.82) is 0 Å². The van der Waals surface area contributed by atoms with Gasteiger partial charge >= 0.3 is 0 Å². The van der Waals surface area contributed by atoms with Gasteiger partial charge in [0, 0.05) is 19.5 Å². The summed E-state index contributed by atoms with van der Waals surface area (Å²) in [5.74, 6) is 0. The Labute approximate surface area is 143 Å². The predicted octanol–water partition coefficient (Wildman–Crippen LogP) is 3.69. The third-order valence-corrected chi connectivity index (χ3v) is 4.26. The molecule has 20 heavy (non-hydrogen) atoms. The van der Waals surface area contributed by atoms with Crippen molar-refractivity contribution in [3.05, 3.63) is 59.7 Å². The van der Waals surface area contributed by atoms with Crippen LogP contribution in [0.25, 0.3) is 21.5 Å². The summed E-state index contributed by atoms with van der Waals surface area (Å²) in [4.78, 5) is 0. The molecule has 0 unspecified atom stereocenters. The van der Waals surface area contributed by atoms with Gasteiger partial charge in [-0.05, 0) is 58.4 Å². The van der Waals surface area contributed by atoms with E-state index in [0.717, 1.165) is 0 Å². The fourth-order valence-corrected chi connectivity index (χ4v) is 3.34. The zero-order chi connectivity index (χ0) is 11.9. The molecule has 2 heteroatoms. The van der Waals surface area contributed by atoms with Crippen molar-refractivity contribution in [3.8, 4) is 0 Å². The van der Waals surface area contributed by atoms with Crippen LogP contribution >= 0.6 is 0 Å². The van der Waals surface area contributed by atoms with Crippen molar-refractivity contribution < 1.29 is 19.5 Å². The molecule has 96 valence electrons. The largest absolute Gasteiger partial charge is 0.187 e. The van der Waals surface area contributed by atoms with Gasteiger partial charge in [-0.3, -0.25) is 0 Å². The number of hydrogen-bond donors (Lipinski definition) is 0. The van der Waals surface area contributed by atoms with Gasteiger partial charge < -0.3 is 0 Å². The van der Waals surface area contributed by atoms with Gasteiger partial charge in [0.1, 0.15) is 0 Å². The van der Waals surface area contributed by atoms with E-state index in [-0.39, 0.29) is 36.8 Å². The first-order valence-electron chi connectivity index (χ1n) is 6.86. The maximum absolute atomic E-state index is 2.35. The van der Waals surface area contributed by atoms with Crippen LogP contribution in [0.4, 0.5) is 0 Å². The Morgan fingerprint density at radius 3 is 2.30 bits per heavy atom. The molecule has 0 N–H and O–H groups in total. The van der Waals surface area contributed by atoms with Crippen LogP contribution < -0.4 is 0 Å². The van der Waals surface area contributed by atoms with E-state index in [9.17, 15) is 0 Å². The van der Waals surface area contributed by atoms with Gasteiger partial charge in [0.15, 0.2) is 17.4 Å². The molecular formula is C18H19AlZn. The summed E-state index contributed by atoms with van der Waals surface area (Å²) in [7, 11) is 0. The maximum Gasteiger partial charge on any atom is 0.187 e. The van der Waals surface area contributed by atoms with Crippen molar-refractivity contribution in [3.63, 3.8) is 0 Å². The quantitative estimate of drug-likeness (QED) is 0.436. The Kier molecular flexibility index (Phi) is 5.03. The number of benzene rings is 3. The van der Waals surface area contributed by atoms with Crippen LogP contribution in [0.1, 0.15) is 24.0 Å². The van der Waals surface area contributed by atoms with E-state index >= 15 is 0 Å². The maximum atomic E-state index is 2.35. The average Bonchev–Trinajstić information content (AvgIpc) is 2.46. The van der Waals surface area contributed by atoms with E-state index < -0.39 is 0 Å². The molecule has 0 heterocycles. The number of aryl methyl sites for hydroxylation is 2. The minimum atomic E-state index is 0. The summed E-state index contributed by atoms with van der Waals surface area (Å²) in [6.45, 7) is 0. The van der Waals surface area contributed by atoms with Crippen molar-refractivity contribution in [2.45, 2.75) is 25.7 Å². The topological polar surface area (TPSA) is 0 Å². The summed E-state index contributed by atoms with van der Waals surface area (Å²) in [5.41, 5.74) is 3.17. The van der Waals surface area contributed by atoms with Gasteiger partial charge in [0.25, 0.3) is 0 Å². The molecule has 0 fully saturated rings. The fraction of sp³-hybridized carbons (Fsp3) is 0.222. The fourth-order valence-electron chi connectivity index (χ4n) is 3.34. The number of rotatable bonds is 0. The van der Waals surface area contributed by atoms with Crippen molar-refractivity contribution in [2.75, 3.05) is 0 Å².